The van der Waals surface area contributed by atoms with E-state index in [1.165, 1.54) is 44.4 Å². The molecular weight excluding hydrogens is 1150 g/mol. The summed E-state index contributed by atoms with van der Waals surface area (Å²) in [6, 6.07) is 9.22. The lowest BCUT2D eigenvalue weighted by Crippen LogP contribution is -2.64. The highest BCUT2D eigenvalue weighted by molar-refractivity contribution is 5.92. The molecule has 2 fully saturated rings. The molecule has 2 heterocycles. The van der Waals surface area contributed by atoms with E-state index in [9.17, 15) is 48.3 Å². The molecule has 2 aliphatic rings. The van der Waals surface area contributed by atoms with E-state index in [2.05, 4.69) is 16.6 Å². The van der Waals surface area contributed by atoms with Gasteiger partial charge in [0, 0.05) is 67.3 Å². The van der Waals surface area contributed by atoms with Crippen LogP contribution in [0.4, 0.5) is 4.79 Å². The number of aliphatic hydroxyl groups is 1. The monoisotopic (exact) mass is 1240 g/mol. The lowest BCUT2D eigenvalue weighted by Gasteiger charge is -2.43. The van der Waals surface area contributed by atoms with Gasteiger partial charge < -0.3 is 72.9 Å². The normalized spacial score (nSPS) is 21.3. The second kappa shape index (κ2) is 34.3. The maximum Gasteiger partial charge on any atom is 0.410 e. The van der Waals surface area contributed by atoms with Crippen molar-refractivity contribution in [3.05, 3.63) is 59.7 Å². The molecule has 488 valence electrons. The Hall–Kier alpha value is -7.53. The number of aliphatic hydroxyl groups excluding tert-OH is 1. The molecule has 0 aromatic heterocycles. The van der Waals surface area contributed by atoms with Crippen LogP contribution >= 0.6 is 0 Å². The van der Waals surface area contributed by atoms with E-state index in [0.717, 1.165) is 32.8 Å². The second-order valence-corrected chi connectivity index (χ2v) is 22.9. The maximum atomic E-state index is 14.8. The first-order valence-electron chi connectivity index (χ1n) is 29.5. The number of carbonyl (C=O) groups is 9. The number of rotatable bonds is 30. The van der Waals surface area contributed by atoms with Gasteiger partial charge in [0.05, 0.1) is 55.9 Å². The Kier molecular flexibility index (Phi) is 28.4. The molecule has 0 saturated carbocycles. The smallest absolute Gasteiger partial charge is 0.410 e. The van der Waals surface area contributed by atoms with Crippen LogP contribution in [0, 0.1) is 36.0 Å². The molecule has 2 aromatic rings. The van der Waals surface area contributed by atoms with Crippen molar-refractivity contribution in [2.45, 2.75) is 188 Å². The molecule has 5 amide bonds. The van der Waals surface area contributed by atoms with E-state index in [0.29, 0.717) is 31.4 Å². The lowest BCUT2D eigenvalue weighted by molar-refractivity contribution is -0.282. The zero-order valence-electron chi connectivity index (χ0n) is 53.5. The fourth-order valence-electron chi connectivity index (χ4n) is 11.2. The van der Waals surface area contributed by atoms with Crippen molar-refractivity contribution >= 4 is 53.6 Å². The molecule has 2 aliphatic heterocycles. The Balaban J connectivity index is 1.51. The molecule has 15 atom stereocenters. The third kappa shape index (κ3) is 19.2. The van der Waals surface area contributed by atoms with Gasteiger partial charge in [-0.3, -0.25) is 38.5 Å². The molecule has 0 radical (unpaired) electrons. The zero-order chi connectivity index (χ0) is 65.9. The lowest BCUT2D eigenvalue weighted by atomic mass is 9.89. The third-order valence-electron chi connectivity index (χ3n) is 15.9. The second-order valence-electron chi connectivity index (χ2n) is 22.9. The molecule has 25 nitrogen and oxygen atoms in total. The molecule has 0 aliphatic carbocycles. The number of nitrogens with one attached hydrogen (secondary N) is 2. The van der Waals surface area contributed by atoms with Gasteiger partial charge in [0.25, 0.3) is 0 Å². The number of amides is 5. The van der Waals surface area contributed by atoms with Crippen LogP contribution in [0.2, 0.25) is 0 Å². The third-order valence-corrected chi connectivity index (χ3v) is 15.9. The van der Waals surface area contributed by atoms with Crippen LogP contribution in [0.1, 0.15) is 119 Å². The van der Waals surface area contributed by atoms with Crippen LogP contribution in [-0.2, 0) is 82.9 Å². The van der Waals surface area contributed by atoms with E-state index in [1.807, 2.05) is 32.0 Å². The number of benzene rings is 2. The highest BCUT2D eigenvalue weighted by Crippen LogP contribution is 2.35. The van der Waals surface area contributed by atoms with Crippen LogP contribution in [-0.4, -0.2) is 195 Å². The van der Waals surface area contributed by atoms with E-state index >= 15 is 0 Å². The highest BCUT2D eigenvalue weighted by atomic mass is 16.7. The molecule has 2 saturated heterocycles. The predicted molar refractivity (Wildman–Crippen MR) is 317 cm³/mol. The molecule has 25 heteroatoms. The van der Waals surface area contributed by atoms with Gasteiger partial charge in [0.1, 0.15) is 36.8 Å². The Morgan fingerprint density at radius 1 is 0.795 bits per heavy atom. The zero-order valence-corrected chi connectivity index (χ0v) is 53.5. The summed E-state index contributed by atoms with van der Waals surface area (Å²) in [5, 5.41) is 16.8. The molecule has 0 spiro atoms. The summed E-state index contributed by atoms with van der Waals surface area (Å²) < 4.78 is 56.7. The summed E-state index contributed by atoms with van der Waals surface area (Å²) in [4.78, 5) is 126. The van der Waals surface area contributed by atoms with Gasteiger partial charge in [-0.15, -0.1) is 6.42 Å². The Morgan fingerprint density at radius 3 is 1.98 bits per heavy atom. The molecule has 1 unspecified atom stereocenters. The van der Waals surface area contributed by atoms with Crippen molar-refractivity contribution in [3.63, 3.8) is 0 Å². The van der Waals surface area contributed by atoms with Crippen LogP contribution in [0.3, 0.4) is 0 Å². The van der Waals surface area contributed by atoms with Crippen molar-refractivity contribution in [3.8, 4) is 23.8 Å². The number of esters is 4. The number of carbonyl (C=O) groups excluding carboxylic acids is 9. The summed E-state index contributed by atoms with van der Waals surface area (Å²) in [5.74, 6) is -4.89. The summed E-state index contributed by atoms with van der Waals surface area (Å²) in [7, 11) is 7.03. The first-order valence-corrected chi connectivity index (χ1v) is 29.5. The summed E-state index contributed by atoms with van der Waals surface area (Å²) in [5.41, 5.74) is 0.921. The summed E-state index contributed by atoms with van der Waals surface area (Å²) >= 11 is 0. The standard InChI is InChI=1S/C63H91N5O20/c1-18-30-82-46-31-44(87-62-57(86-41(12)71)55(85-40(11)70)54(84-39(10)69)56(88-62)61(77)81-17)28-27-43(46)33-83-63(78)67(14)50(35(5)6)59(75)65-49(34(3)4)60(76)66(13)51(36(7)19-2)47(79-15)32-48(72)68-29-23-26-45(68)53(80-16)37(8)58(74)64-38(9)52(73)42-24-21-20-22-25-42/h1,20-22,24-25,27-28,31,34-38,45,47,49-57,62,73H,19,23,26,29-30,32-33H2,2-17H3,(H,64,74)(H,65,75)/t36?,37-,38-,45+,47-,49+,50+,51+,52-,53-,54+,55+,56+,57-,62-/m1/s1. The molecule has 3 N–H and O–H groups in total. The van der Waals surface area contributed by atoms with Crippen LogP contribution in [0.25, 0.3) is 0 Å². The first kappa shape index (κ1) is 72.9. The molecule has 0 bridgehead atoms. The van der Waals surface area contributed by atoms with E-state index in [4.69, 9.17) is 53.8 Å². The summed E-state index contributed by atoms with van der Waals surface area (Å²) in [6.45, 7) is 17.2. The number of hydrogen-bond donors (Lipinski definition) is 3. The van der Waals surface area contributed by atoms with E-state index < -0.39 is 145 Å². The maximum absolute atomic E-state index is 14.8. The highest BCUT2D eigenvalue weighted by Gasteiger charge is 2.56. The largest absolute Gasteiger partial charge is 0.480 e. The van der Waals surface area contributed by atoms with Crippen LogP contribution in [0.15, 0.2) is 48.5 Å². The molecular formula is C63H91N5O20. The van der Waals surface area contributed by atoms with Gasteiger partial charge in [-0.25, -0.2) is 9.59 Å². The Bertz CT molecular complexity index is 2740. The number of nitrogens with zero attached hydrogens (tertiary/aromatic N) is 3. The number of terminal acetylenes is 1. The van der Waals surface area contributed by atoms with Gasteiger partial charge in [-0.2, -0.15) is 0 Å². The minimum absolute atomic E-state index is 0.0373. The fourth-order valence-corrected chi connectivity index (χ4v) is 11.2. The average molecular weight is 1240 g/mol. The predicted octanol–water partition coefficient (Wildman–Crippen LogP) is 4.66. The van der Waals surface area contributed by atoms with E-state index in [-0.39, 0.29) is 47.8 Å². The van der Waals surface area contributed by atoms with Crippen LogP contribution in [0.5, 0.6) is 11.5 Å². The van der Waals surface area contributed by atoms with Gasteiger partial charge in [-0.1, -0.05) is 91.1 Å². The minimum Gasteiger partial charge on any atom is -0.480 e. The van der Waals surface area contributed by atoms with Crippen molar-refractivity contribution < 1.29 is 95.6 Å². The number of hydrogen-bond acceptors (Lipinski definition) is 20. The quantitative estimate of drug-likeness (QED) is 0.0544. The van der Waals surface area contributed by atoms with Gasteiger partial charge >= 0.3 is 30.0 Å². The average Bonchev–Trinajstić information content (AvgIpc) is 2.53. The molecule has 4 rings (SSSR count). The Morgan fingerprint density at radius 2 is 1.42 bits per heavy atom. The van der Waals surface area contributed by atoms with Crippen molar-refractivity contribution in [1.82, 2.24) is 25.3 Å². The first-order chi connectivity index (χ1) is 41.6. The van der Waals surface area contributed by atoms with E-state index in [1.54, 1.807) is 65.6 Å². The Labute approximate surface area is 516 Å². The van der Waals surface area contributed by atoms with Crippen molar-refractivity contribution in [1.29, 1.82) is 0 Å². The topological polar surface area (TPSA) is 300 Å². The number of ether oxygens (including phenoxy) is 10. The fraction of sp³-hybridized carbons (Fsp3) is 0.635. The SMILES string of the molecule is C#CCOc1cc(O[C@@H]2O[C@H](C(=O)OC)[C@@H](OC(C)=O)[C@H](OC(C)=O)[C@H]2OC(C)=O)ccc1COC(=O)N(C)[C@H](C(=O)N[C@H](C(=O)N(C)[C@@H](C(C)CC)[C@@H](CC(=O)N1CCC[C@H]1[C@H](OC)[C@@H](C)C(=O)N[C@H](C)[C@@H](O)c1ccccc1)OC)C(C)C)C(C)C. The molecule has 2 aromatic carbocycles. The molecule has 88 heavy (non-hydrogen) atoms. The number of likely N-dealkylation sites (N-methyl/N-ethyl adjacent to an activating group) is 2. The number of methoxy groups -OCH3 is 3. The van der Waals surface area contributed by atoms with Gasteiger partial charge in [0.15, 0.2) is 18.3 Å². The van der Waals surface area contributed by atoms with Crippen molar-refractivity contribution in [2.24, 2.45) is 23.7 Å². The minimum atomic E-state index is -1.74. The van der Waals surface area contributed by atoms with Gasteiger partial charge in [-0.05, 0) is 55.2 Å². The van der Waals surface area contributed by atoms with Crippen molar-refractivity contribution in [2.75, 3.05) is 48.6 Å². The number of likely N-dealkylation sites (tertiary alicyclic amines) is 1. The summed E-state index contributed by atoms with van der Waals surface area (Å²) in [6.07, 6.45) is -4.40. The van der Waals surface area contributed by atoms with Gasteiger partial charge in [0.2, 0.25) is 36.0 Å². The van der Waals surface area contributed by atoms with Crippen LogP contribution < -0.4 is 20.1 Å².